The van der Waals surface area contributed by atoms with Crippen molar-refractivity contribution in [1.82, 2.24) is 0 Å². The van der Waals surface area contributed by atoms with Gasteiger partial charge in [-0.2, -0.15) is 13.2 Å². The minimum absolute atomic E-state index is 0.0188. The predicted molar refractivity (Wildman–Crippen MR) is 67.4 cm³/mol. The first-order valence-corrected chi connectivity index (χ1v) is 6.12. The van der Waals surface area contributed by atoms with Gasteiger partial charge >= 0.3 is 6.18 Å². The molecular formula is C11H11BrF3N3. The van der Waals surface area contributed by atoms with Crippen LogP contribution in [0.3, 0.4) is 0 Å². The Morgan fingerprint density at radius 2 is 2.06 bits per heavy atom. The lowest BCUT2D eigenvalue weighted by Gasteiger charge is -2.14. The summed E-state index contributed by atoms with van der Waals surface area (Å²) < 4.78 is 38.8. The second-order valence-corrected chi connectivity index (χ2v) is 4.97. The molecule has 1 aliphatic carbocycles. The number of anilines is 1. The van der Waals surface area contributed by atoms with E-state index in [1.54, 1.807) is 0 Å². The minimum atomic E-state index is -4.44. The summed E-state index contributed by atoms with van der Waals surface area (Å²) >= 11 is 3.02. The van der Waals surface area contributed by atoms with E-state index in [-0.39, 0.29) is 17.7 Å². The SMILES string of the molecule is NC(=NC1CC1)Nc1ccc(Br)cc1C(F)(F)F. The lowest BCUT2D eigenvalue weighted by atomic mass is 10.1. The molecule has 0 bridgehead atoms. The standard InChI is InChI=1S/C11H11BrF3N3/c12-6-1-4-9(8(5-6)11(13,14)15)18-10(16)17-7-2-3-7/h1,4-5,7H,2-3H2,(H3,16,17,18). The zero-order valence-corrected chi connectivity index (χ0v) is 10.8. The Balaban J connectivity index is 2.26. The van der Waals surface area contributed by atoms with Crippen molar-refractivity contribution in [2.45, 2.75) is 25.1 Å². The van der Waals surface area contributed by atoms with Crippen LogP contribution in [-0.2, 0) is 6.18 Å². The quantitative estimate of drug-likeness (QED) is 0.648. The summed E-state index contributed by atoms with van der Waals surface area (Å²) in [5.74, 6) is 0.0188. The van der Waals surface area contributed by atoms with Crippen molar-refractivity contribution in [1.29, 1.82) is 0 Å². The zero-order chi connectivity index (χ0) is 13.3. The average Bonchev–Trinajstić information content (AvgIpc) is 3.03. The number of rotatable bonds is 2. The van der Waals surface area contributed by atoms with Crippen molar-refractivity contribution < 1.29 is 13.2 Å². The molecule has 0 heterocycles. The Morgan fingerprint density at radius 1 is 1.39 bits per heavy atom. The number of nitrogens with one attached hydrogen (secondary N) is 1. The van der Waals surface area contributed by atoms with E-state index in [9.17, 15) is 13.2 Å². The second kappa shape index (κ2) is 4.79. The number of hydrogen-bond donors (Lipinski definition) is 2. The van der Waals surface area contributed by atoms with E-state index < -0.39 is 11.7 Å². The van der Waals surface area contributed by atoms with E-state index in [4.69, 9.17) is 5.73 Å². The van der Waals surface area contributed by atoms with E-state index in [0.29, 0.717) is 4.47 Å². The average molecular weight is 322 g/mol. The molecule has 98 valence electrons. The molecule has 0 aliphatic heterocycles. The summed E-state index contributed by atoms with van der Waals surface area (Å²) in [4.78, 5) is 4.03. The highest BCUT2D eigenvalue weighted by Crippen LogP contribution is 2.36. The van der Waals surface area contributed by atoms with Crippen molar-refractivity contribution in [2.75, 3.05) is 5.32 Å². The fourth-order valence-corrected chi connectivity index (χ4v) is 1.79. The van der Waals surface area contributed by atoms with Crippen molar-refractivity contribution in [3.63, 3.8) is 0 Å². The van der Waals surface area contributed by atoms with Crippen molar-refractivity contribution in [3.05, 3.63) is 28.2 Å². The molecule has 1 saturated carbocycles. The smallest absolute Gasteiger partial charge is 0.370 e. The zero-order valence-electron chi connectivity index (χ0n) is 9.26. The van der Waals surface area contributed by atoms with E-state index in [1.807, 2.05) is 0 Å². The van der Waals surface area contributed by atoms with E-state index in [2.05, 4.69) is 26.2 Å². The molecule has 1 aromatic rings. The number of aliphatic imine (C=N–C) groups is 1. The van der Waals surface area contributed by atoms with Gasteiger partial charge in [0.05, 0.1) is 17.3 Å². The maximum Gasteiger partial charge on any atom is 0.418 e. The Bertz CT molecular complexity index is 481. The summed E-state index contributed by atoms with van der Waals surface area (Å²) in [6.45, 7) is 0. The van der Waals surface area contributed by atoms with Gasteiger partial charge < -0.3 is 11.1 Å². The summed E-state index contributed by atoms with van der Waals surface area (Å²) in [7, 11) is 0. The van der Waals surface area contributed by atoms with Gasteiger partial charge in [0.25, 0.3) is 0 Å². The van der Waals surface area contributed by atoms with Gasteiger partial charge in [-0.25, -0.2) is 4.99 Å². The third kappa shape index (κ3) is 3.38. The van der Waals surface area contributed by atoms with Crippen LogP contribution >= 0.6 is 15.9 Å². The van der Waals surface area contributed by atoms with Gasteiger partial charge in [0.1, 0.15) is 0 Å². The number of guanidine groups is 1. The number of nitrogens with two attached hydrogens (primary N) is 1. The Morgan fingerprint density at radius 3 is 2.61 bits per heavy atom. The summed E-state index contributed by atoms with van der Waals surface area (Å²) in [6, 6.07) is 4.00. The van der Waals surface area contributed by atoms with Crippen LogP contribution in [0.1, 0.15) is 18.4 Å². The number of nitrogens with zero attached hydrogens (tertiary/aromatic N) is 1. The van der Waals surface area contributed by atoms with Crippen LogP contribution in [0.5, 0.6) is 0 Å². The topological polar surface area (TPSA) is 50.4 Å². The molecule has 7 heteroatoms. The molecule has 2 rings (SSSR count). The lowest BCUT2D eigenvalue weighted by molar-refractivity contribution is -0.136. The van der Waals surface area contributed by atoms with Crippen molar-refractivity contribution in [3.8, 4) is 0 Å². The molecule has 18 heavy (non-hydrogen) atoms. The van der Waals surface area contributed by atoms with E-state index in [0.717, 1.165) is 18.9 Å². The van der Waals surface area contributed by atoms with Gasteiger partial charge in [-0.3, -0.25) is 0 Å². The largest absolute Gasteiger partial charge is 0.418 e. The first-order valence-electron chi connectivity index (χ1n) is 5.33. The van der Waals surface area contributed by atoms with E-state index >= 15 is 0 Å². The second-order valence-electron chi connectivity index (χ2n) is 4.06. The molecule has 0 saturated heterocycles. The molecule has 1 fully saturated rings. The molecular weight excluding hydrogens is 311 g/mol. The Labute approximate surface area is 110 Å². The molecule has 0 radical (unpaired) electrons. The third-order valence-electron chi connectivity index (χ3n) is 2.42. The first-order chi connectivity index (χ1) is 8.36. The number of halogens is 4. The lowest BCUT2D eigenvalue weighted by Crippen LogP contribution is -2.25. The molecule has 0 unspecified atom stereocenters. The normalized spacial score (nSPS) is 16.8. The van der Waals surface area contributed by atoms with Gasteiger partial charge in [-0.05, 0) is 31.0 Å². The van der Waals surface area contributed by atoms with Crippen LogP contribution in [0.2, 0.25) is 0 Å². The molecule has 0 aromatic heterocycles. The maximum absolute atomic E-state index is 12.8. The summed E-state index contributed by atoms with van der Waals surface area (Å²) in [5, 5.41) is 2.50. The van der Waals surface area contributed by atoms with Gasteiger partial charge in [-0.15, -0.1) is 0 Å². The molecule has 3 nitrogen and oxygen atoms in total. The van der Waals surface area contributed by atoms with Crippen LogP contribution in [0, 0.1) is 0 Å². The van der Waals surface area contributed by atoms with Gasteiger partial charge in [0.2, 0.25) is 0 Å². The van der Waals surface area contributed by atoms with Crippen LogP contribution in [0.25, 0.3) is 0 Å². The van der Waals surface area contributed by atoms with Crippen LogP contribution < -0.4 is 11.1 Å². The fourth-order valence-electron chi connectivity index (χ4n) is 1.43. The molecule has 1 aromatic carbocycles. The molecule has 0 amide bonds. The molecule has 1 aliphatic rings. The monoisotopic (exact) mass is 321 g/mol. The summed E-state index contributed by atoms with van der Waals surface area (Å²) in [6.07, 6.45) is -2.56. The highest BCUT2D eigenvalue weighted by atomic mass is 79.9. The number of hydrogen-bond acceptors (Lipinski definition) is 1. The Hall–Kier alpha value is -1.24. The number of alkyl halides is 3. The van der Waals surface area contributed by atoms with Gasteiger partial charge in [-0.1, -0.05) is 15.9 Å². The molecule has 0 spiro atoms. The van der Waals surface area contributed by atoms with Gasteiger partial charge in [0.15, 0.2) is 5.96 Å². The van der Waals surface area contributed by atoms with Crippen molar-refractivity contribution in [2.24, 2.45) is 10.7 Å². The number of benzene rings is 1. The summed E-state index contributed by atoms with van der Waals surface area (Å²) in [5.41, 5.74) is 4.69. The maximum atomic E-state index is 12.8. The minimum Gasteiger partial charge on any atom is -0.370 e. The van der Waals surface area contributed by atoms with Crippen LogP contribution in [0.4, 0.5) is 18.9 Å². The fraction of sp³-hybridized carbons (Fsp3) is 0.364. The third-order valence-corrected chi connectivity index (χ3v) is 2.91. The van der Waals surface area contributed by atoms with E-state index in [1.165, 1.54) is 12.1 Å². The first kappa shape index (κ1) is 13.2. The molecule has 3 N–H and O–H groups in total. The van der Waals surface area contributed by atoms with Crippen molar-refractivity contribution >= 4 is 27.6 Å². The van der Waals surface area contributed by atoms with Gasteiger partial charge in [0, 0.05) is 4.47 Å². The Kier molecular flexibility index (Phi) is 3.52. The van der Waals surface area contributed by atoms with Crippen LogP contribution in [0.15, 0.2) is 27.7 Å². The van der Waals surface area contributed by atoms with Crippen LogP contribution in [-0.4, -0.2) is 12.0 Å². The molecule has 0 atom stereocenters. The highest BCUT2D eigenvalue weighted by molar-refractivity contribution is 9.10. The highest BCUT2D eigenvalue weighted by Gasteiger charge is 2.34. The predicted octanol–water partition coefficient (Wildman–Crippen LogP) is 3.36.